The average Bonchev–Trinajstić information content (AvgIpc) is 2.44. The summed E-state index contributed by atoms with van der Waals surface area (Å²) in [6, 6.07) is 0. The number of rotatable bonds is 0. The van der Waals surface area contributed by atoms with Gasteiger partial charge in [-0.25, -0.2) is 0 Å². The maximum absolute atomic E-state index is 9.73. The highest BCUT2D eigenvalue weighted by Gasteiger charge is 2.45. The van der Waals surface area contributed by atoms with Crippen LogP contribution in [-0.4, -0.2) is 20.9 Å². The van der Waals surface area contributed by atoms with Crippen LogP contribution in [0.3, 0.4) is 0 Å². The predicted octanol–water partition coefficient (Wildman–Crippen LogP) is 2.30. The second-order valence-corrected chi connectivity index (χ2v) is 5.83. The van der Waals surface area contributed by atoms with Gasteiger partial charge in [0.15, 0.2) is 0 Å². The van der Waals surface area contributed by atoms with Gasteiger partial charge < -0.3 is 5.11 Å². The van der Waals surface area contributed by atoms with Gasteiger partial charge in [0.25, 0.3) is 0 Å². The van der Waals surface area contributed by atoms with Gasteiger partial charge in [-0.2, -0.15) is 0 Å². The summed E-state index contributed by atoms with van der Waals surface area (Å²) in [4.78, 5) is 0.649. The van der Waals surface area contributed by atoms with Crippen molar-refractivity contribution in [3.63, 3.8) is 0 Å². The van der Waals surface area contributed by atoms with Crippen LogP contribution in [0.2, 0.25) is 0 Å². The summed E-state index contributed by atoms with van der Waals surface area (Å²) in [5.41, 5.74) is 0. The van der Waals surface area contributed by atoms with Crippen molar-refractivity contribution in [2.75, 3.05) is 0 Å². The van der Waals surface area contributed by atoms with E-state index in [4.69, 9.17) is 0 Å². The Balaban J connectivity index is 2.16. The number of aliphatic hydroxyl groups is 1. The highest BCUT2D eigenvalue weighted by Crippen LogP contribution is 2.47. The fraction of sp³-hybridized carbons (Fsp3) is 1.00. The van der Waals surface area contributed by atoms with Crippen molar-refractivity contribution in [1.82, 2.24) is 0 Å². The van der Waals surface area contributed by atoms with Crippen LogP contribution in [0.25, 0.3) is 0 Å². The molecule has 2 bridgehead atoms. The molecule has 1 N–H and O–H groups in total. The van der Waals surface area contributed by atoms with E-state index in [0.29, 0.717) is 9.65 Å². The normalized spacial score (nSPS) is 56.5. The van der Waals surface area contributed by atoms with Crippen molar-refractivity contribution in [3.8, 4) is 0 Å². The Morgan fingerprint density at radius 1 is 1.00 bits per heavy atom. The molecule has 2 fully saturated rings. The molecule has 0 radical (unpaired) electrons. The summed E-state index contributed by atoms with van der Waals surface area (Å²) in [5, 5.41) is 9.73. The molecule has 2 saturated carbocycles. The van der Waals surface area contributed by atoms with Crippen LogP contribution >= 0.6 is 31.9 Å². The molecule has 0 heterocycles. The number of alkyl halides is 2. The molecule has 2 rings (SSSR count). The summed E-state index contributed by atoms with van der Waals surface area (Å²) in [6.45, 7) is 0. The molecule has 0 saturated heterocycles. The van der Waals surface area contributed by atoms with Gasteiger partial charge in [0, 0.05) is 9.65 Å². The quantitative estimate of drug-likeness (QED) is 0.677. The number of fused-ring (bicyclic) bond motifs is 2. The van der Waals surface area contributed by atoms with E-state index in [0.717, 1.165) is 11.8 Å². The molecule has 5 atom stereocenters. The van der Waals surface area contributed by atoms with Gasteiger partial charge in [0.1, 0.15) is 0 Å². The summed E-state index contributed by atoms with van der Waals surface area (Å²) in [5.74, 6) is 1.45. The van der Waals surface area contributed by atoms with Crippen molar-refractivity contribution in [1.29, 1.82) is 0 Å². The molecule has 0 aromatic rings. The molecular weight excluding hydrogens is 272 g/mol. The van der Waals surface area contributed by atoms with Crippen LogP contribution in [0.15, 0.2) is 0 Å². The number of halogens is 2. The highest BCUT2D eigenvalue weighted by molar-refractivity contribution is 9.10. The van der Waals surface area contributed by atoms with Crippen LogP contribution in [0.4, 0.5) is 0 Å². The lowest BCUT2D eigenvalue weighted by Gasteiger charge is -2.33. The van der Waals surface area contributed by atoms with E-state index >= 15 is 0 Å². The first-order valence-electron chi connectivity index (χ1n) is 4.16. The molecule has 1 unspecified atom stereocenters. The Morgan fingerprint density at radius 3 is 1.91 bits per heavy atom. The Hall–Kier alpha value is 0.920. The smallest absolute Gasteiger partial charge is 0.0795 e. The van der Waals surface area contributed by atoms with Gasteiger partial charge in [-0.3, -0.25) is 0 Å². The minimum Gasteiger partial charge on any atom is -0.391 e. The number of aliphatic hydroxyl groups excluding tert-OH is 1. The Morgan fingerprint density at radius 2 is 1.45 bits per heavy atom. The van der Waals surface area contributed by atoms with Crippen molar-refractivity contribution in [3.05, 3.63) is 0 Å². The fourth-order valence-corrected chi connectivity index (χ4v) is 4.39. The van der Waals surface area contributed by atoms with Crippen molar-refractivity contribution in [2.24, 2.45) is 11.8 Å². The van der Waals surface area contributed by atoms with Gasteiger partial charge in [0.2, 0.25) is 0 Å². The first-order valence-corrected chi connectivity index (χ1v) is 5.99. The molecule has 2 aliphatic rings. The van der Waals surface area contributed by atoms with Crippen LogP contribution in [0.5, 0.6) is 0 Å². The predicted molar refractivity (Wildman–Crippen MR) is 52.3 cm³/mol. The molecule has 0 aromatic carbocycles. The van der Waals surface area contributed by atoms with Crippen LogP contribution in [0, 0.1) is 11.8 Å². The molecule has 2 aliphatic carbocycles. The molecule has 11 heavy (non-hydrogen) atoms. The highest BCUT2D eigenvalue weighted by atomic mass is 79.9. The van der Waals surface area contributed by atoms with Crippen molar-refractivity contribution < 1.29 is 5.11 Å². The molecule has 64 valence electrons. The summed E-state index contributed by atoms with van der Waals surface area (Å²) < 4.78 is 0. The van der Waals surface area contributed by atoms with E-state index in [1.165, 1.54) is 19.3 Å². The second kappa shape index (κ2) is 3.00. The zero-order valence-electron chi connectivity index (χ0n) is 6.21. The Labute approximate surface area is 83.8 Å². The fourth-order valence-electron chi connectivity index (χ4n) is 2.36. The van der Waals surface area contributed by atoms with Gasteiger partial charge in [-0.15, -0.1) is 0 Å². The number of hydrogen-bond acceptors (Lipinski definition) is 1. The minimum absolute atomic E-state index is 0.179. The van der Waals surface area contributed by atoms with E-state index in [1.807, 2.05) is 0 Å². The Kier molecular flexibility index (Phi) is 2.32. The zero-order valence-corrected chi connectivity index (χ0v) is 9.38. The molecular formula is C8H12Br2O. The first kappa shape index (κ1) is 8.52. The largest absolute Gasteiger partial charge is 0.391 e. The average molecular weight is 284 g/mol. The van der Waals surface area contributed by atoms with Crippen LogP contribution in [-0.2, 0) is 0 Å². The Bertz CT molecular complexity index is 142. The molecule has 0 aliphatic heterocycles. The summed E-state index contributed by atoms with van der Waals surface area (Å²) in [7, 11) is 0. The first-order chi connectivity index (χ1) is 5.20. The zero-order chi connectivity index (χ0) is 8.01. The molecule has 0 spiro atoms. The lowest BCUT2D eigenvalue weighted by Crippen LogP contribution is -2.41. The third-order valence-corrected chi connectivity index (χ3v) is 5.65. The summed E-state index contributed by atoms with van der Waals surface area (Å²) >= 11 is 7.13. The molecule has 1 nitrogen and oxygen atoms in total. The third kappa shape index (κ3) is 1.29. The summed E-state index contributed by atoms with van der Waals surface area (Å²) in [6.07, 6.45) is 3.70. The second-order valence-electron chi connectivity index (χ2n) is 3.71. The maximum Gasteiger partial charge on any atom is 0.0795 e. The third-order valence-electron chi connectivity index (χ3n) is 3.07. The van der Waals surface area contributed by atoms with E-state index in [2.05, 4.69) is 31.9 Å². The van der Waals surface area contributed by atoms with Crippen molar-refractivity contribution in [2.45, 2.75) is 35.0 Å². The van der Waals surface area contributed by atoms with Gasteiger partial charge >= 0.3 is 0 Å². The van der Waals surface area contributed by atoms with Crippen LogP contribution in [0.1, 0.15) is 19.3 Å². The van der Waals surface area contributed by atoms with E-state index < -0.39 is 0 Å². The van der Waals surface area contributed by atoms with Gasteiger partial charge in [-0.05, 0) is 31.1 Å². The molecule has 0 aromatic heterocycles. The van der Waals surface area contributed by atoms with E-state index in [9.17, 15) is 5.11 Å². The number of hydrogen-bond donors (Lipinski definition) is 1. The van der Waals surface area contributed by atoms with Crippen LogP contribution < -0.4 is 0 Å². The standard InChI is InChI=1S/C8H12Br2O/c9-6-4-1-2-5(3-4)7(10)8(6)11/h4-8,11H,1-3H2/t4-,5+,6-,7-,8?/m0/s1. The van der Waals surface area contributed by atoms with E-state index in [1.54, 1.807) is 0 Å². The monoisotopic (exact) mass is 282 g/mol. The topological polar surface area (TPSA) is 20.2 Å². The van der Waals surface area contributed by atoms with Crippen molar-refractivity contribution >= 4 is 31.9 Å². The lowest BCUT2D eigenvalue weighted by atomic mass is 9.87. The maximum atomic E-state index is 9.73. The molecule has 0 amide bonds. The van der Waals surface area contributed by atoms with Gasteiger partial charge in [-0.1, -0.05) is 31.9 Å². The minimum atomic E-state index is -0.179. The SMILES string of the molecule is OC1[C@@H](Br)[C@@H]2CC[C@@H](C2)[C@@H]1Br. The van der Waals surface area contributed by atoms with E-state index in [-0.39, 0.29) is 6.10 Å². The van der Waals surface area contributed by atoms with Gasteiger partial charge in [0.05, 0.1) is 6.10 Å². The lowest BCUT2D eigenvalue weighted by molar-refractivity contribution is 0.116. The molecule has 3 heteroatoms.